The number of H-pyrrole nitrogens is 1. The van der Waals surface area contributed by atoms with Crippen molar-refractivity contribution in [2.24, 2.45) is 0 Å². The van der Waals surface area contributed by atoms with Gasteiger partial charge in [0.05, 0.1) is 11.2 Å². The lowest BCUT2D eigenvalue weighted by Crippen LogP contribution is -2.58. The normalized spacial score (nSPS) is 21.5. The molecular weight excluding hydrogens is 600 g/mol. The lowest BCUT2D eigenvalue weighted by atomic mass is 9.90. The van der Waals surface area contributed by atoms with Gasteiger partial charge in [0.1, 0.15) is 17.9 Å². The summed E-state index contributed by atoms with van der Waals surface area (Å²) in [6.07, 6.45) is 3.56. The van der Waals surface area contributed by atoms with Gasteiger partial charge in [-0.15, -0.1) is 9.24 Å². The number of hydrogen-bond acceptors (Lipinski definition) is 7. The summed E-state index contributed by atoms with van der Waals surface area (Å²) in [7, 11) is 2.91. The number of carbonyl (C=O) groups is 1. The molecule has 1 unspecified atom stereocenters. The quantitative estimate of drug-likeness (QED) is 0.193. The Kier molecular flexibility index (Phi) is 7.80. The number of ether oxygens (including phenoxy) is 1. The smallest absolute Gasteiger partial charge is 0.319 e. The van der Waals surface area contributed by atoms with E-state index in [1.165, 1.54) is 6.08 Å². The minimum atomic E-state index is -0.385. The van der Waals surface area contributed by atoms with Gasteiger partial charge in [-0.3, -0.25) is 14.8 Å². The molecule has 3 atom stereocenters. The maximum absolute atomic E-state index is 17.2. The second-order valence-electron chi connectivity index (χ2n) is 13.9. The molecule has 1 amide bonds. The van der Waals surface area contributed by atoms with Gasteiger partial charge >= 0.3 is 6.01 Å². The summed E-state index contributed by atoms with van der Waals surface area (Å²) in [5, 5.41) is 9.72. The fraction of sp³-hybridized carbons (Fsp3) is 0.486. The summed E-state index contributed by atoms with van der Waals surface area (Å²) in [6.45, 7) is 18.1. The molecular formula is C35H43FN7O2P. The summed E-state index contributed by atoms with van der Waals surface area (Å²) >= 11 is 0. The molecule has 2 aromatic heterocycles. The van der Waals surface area contributed by atoms with E-state index in [-0.39, 0.29) is 40.5 Å². The Balaban J connectivity index is 1.34. The van der Waals surface area contributed by atoms with E-state index >= 15 is 4.39 Å². The van der Waals surface area contributed by atoms with E-state index in [1.54, 1.807) is 0 Å². The third-order valence-corrected chi connectivity index (χ3v) is 10.2. The van der Waals surface area contributed by atoms with E-state index < -0.39 is 0 Å². The highest BCUT2D eigenvalue weighted by molar-refractivity contribution is 7.19. The Morgan fingerprint density at radius 3 is 2.61 bits per heavy atom. The van der Waals surface area contributed by atoms with Gasteiger partial charge in [0, 0.05) is 72.2 Å². The second kappa shape index (κ2) is 11.6. The number of aromatic amines is 1. The number of amides is 1. The van der Waals surface area contributed by atoms with Crippen LogP contribution in [0.4, 0.5) is 10.2 Å². The minimum absolute atomic E-state index is 0.0714. The number of nitrogens with one attached hydrogen (secondary N) is 1. The maximum atomic E-state index is 17.2. The van der Waals surface area contributed by atoms with Crippen molar-refractivity contribution in [1.29, 1.82) is 0 Å². The van der Waals surface area contributed by atoms with Crippen LogP contribution >= 0.6 is 9.24 Å². The van der Waals surface area contributed by atoms with Crippen LogP contribution in [-0.2, 0) is 4.79 Å². The van der Waals surface area contributed by atoms with Crippen molar-refractivity contribution >= 4 is 42.8 Å². The molecule has 4 aromatic rings. The average molecular weight is 644 g/mol. The van der Waals surface area contributed by atoms with Crippen LogP contribution in [0.1, 0.15) is 56.4 Å². The van der Waals surface area contributed by atoms with Crippen LogP contribution in [0.5, 0.6) is 6.01 Å². The fourth-order valence-electron chi connectivity index (χ4n) is 7.37. The monoisotopic (exact) mass is 643 g/mol. The summed E-state index contributed by atoms with van der Waals surface area (Å²) in [4.78, 5) is 28.6. The standard InChI is InChI=1S/C35H43FN7O2P/c1-7-26(44)42-15-22(5)43(16-21(42)4)33-24-14-20(3)28(27-19(2)8-11-25-29(27)31(40-39-25)23-9-10-23)30(36)32(24)37-34(38-33)45-13-12-41-17-35(6,46)18-41/h7-8,11,14,21-23H,1,9-10,12-13,15-18,46H2,2-6H3,(H,39,40)/t21-,22+/m1/s1. The molecule has 11 heteroatoms. The molecule has 1 aliphatic carbocycles. The van der Waals surface area contributed by atoms with Gasteiger partial charge < -0.3 is 14.5 Å². The van der Waals surface area contributed by atoms with Gasteiger partial charge in [-0.05, 0) is 75.4 Å². The number of aryl methyl sites for hydroxylation is 2. The topological polar surface area (TPSA) is 90.5 Å². The Bertz CT molecular complexity index is 1860. The Morgan fingerprint density at radius 2 is 1.91 bits per heavy atom. The highest BCUT2D eigenvalue weighted by atomic mass is 31.0. The predicted octanol–water partition coefficient (Wildman–Crippen LogP) is 5.75. The molecule has 7 rings (SSSR count). The van der Waals surface area contributed by atoms with Crippen molar-refractivity contribution in [3.8, 4) is 17.1 Å². The largest absolute Gasteiger partial charge is 0.462 e. The SMILES string of the molecule is C=CC(=O)N1C[C@H](C)N(c2nc(OCCN3CC(C)(P)C3)nc3c(F)c(-c4c(C)ccc5[nH]nc(C6CC6)c45)c(C)cc23)C[C@H]1C. The van der Waals surface area contributed by atoms with E-state index in [9.17, 15) is 4.79 Å². The lowest BCUT2D eigenvalue weighted by Gasteiger charge is -2.45. The number of benzene rings is 2. The zero-order chi connectivity index (χ0) is 32.5. The first-order valence-corrected chi connectivity index (χ1v) is 16.9. The third-order valence-electron chi connectivity index (χ3n) is 9.79. The average Bonchev–Trinajstić information content (AvgIpc) is 3.76. The first-order valence-electron chi connectivity index (χ1n) is 16.3. The molecule has 2 saturated heterocycles. The van der Waals surface area contributed by atoms with E-state index in [0.29, 0.717) is 42.4 Å². The van der Waals surface area contributed by atoms with Crippen LogP contribution in [0.3, 0.4) is 0 Å². The van der Waals surface area contributed by atoms with E-state index in [0.717, 1.165) is 65.8 Å². The van der Waals surface area contributed by atoms with E-state index in [2.05, 4.69) is 49.7 Å². The zero-order valence-corrected chi connectivity index (χ0v) is 28.5. The van der Waals surface area contributed by atoms with Crippen molar-refractivity contribution in [3.63, 3.8) is 0 Å². The third kappa shape index (κ3) is 5.43. The van der Waals surface area contributed by atoms with Crippen molar-refractivity contribution in [2.45, 2.75) is 70.6 Å². The minimum Gasteiger partial charge on any atom is -0.462 e. The molecule has 2 aliphatic heterocycles. The maximum Gasteiger partial charge on any atom is 0.319 e. The highest BCUT2D eigenvalue weighted by Gasteiger charge is 2.36. The fourth-order valence-corrected chi connectivity index (χ4v) is 7.89. The number of hydrogen-bond donors (Lipinski definition) is 1. The number of carbonyl (C=O) groups excluding carboxylic acids is 1. The van der Waals surface area contributed by atoms with Gasteiger partial charge in [-0.25, -0.2) is 4.39 Å². The van der Waals surface area contributed by atoms with Crippen molar-refractivity contribution < 1.29 is 13.9 Å². The molecule has 1 N–H and O–H groups in total. The van der Waals surface area contributed by atoms with Crippen LogP contribution in [0, 0.1) is 19.7 Å². The molecule has 1 saturated carbocycles. The molecule has 2 aromatic carbocycles. The van der Waals surface area contributed by atoms with E-state index in [1.807, 2.05) is 43.9 Å². The summed E-state index contributed by atoms with van der Waals surface area (Å²) in [6, 6.07) is 6.07. The van der Waals surface area contributed by atoms with Crippen molar-refractivity contribution in [3.05, 3.63) is 53.5 Å². The van der Waals surface area contributed by atoms with Crippen molar-refractivity contribution in [1.82, 2.24) is 30.0 Å². The van der Waals surface area contributed by atoms with Gasteiger partial charge in [0.15, 0.2) is 5.82 Å². The Hall–Kier alpha value is -3.62. The number of aromatic nitrogens is 4. The first-order chi connectivity index (χ1) is 22.0. The second-order valence-corrected chi connectivity index (χ2v) is 15.3. The van der Waals surface area contributed by atoms with Crippen LogP contribution in [0.2, 0.25) is 0 Å². The Morgan fingerprint density at radius 1 is 1.15 bits per heavy atom. The number of likely N-dealkylation sites (tertiary alicyclic amines) is 1. The summed E-state index contributed by atoms with van der Waals surface area (Å²) in [5.41, 5.74) is 5.37. The number of anilines is 1. The van der Waals surface area contributed by atoms with Crippen LogP contribution in [0.15, 0.2) is 30.9 Å². The molecule has 0 radical (unpaired) electrons. The number of rotatable bonds is 8. The zero-order valence-electron chi connectivity index (χ0n) is 27.4. The summed E-state index contributed by atoms with van der Waals surface area (Å²) in [5.74, 6) is 0.545. The summed E-state index contributed by atoms with van der Waals surface area (Å²) < 4.78 is 23.4. The molecule has 4 heterocycles. The molecule has 0 spiro atoms. The van der Waals surface area contributed by atoms with E-state index in [4.69, 9.17) is 14.7 Å². The predicted molar refractivity (Wildman–Crippen MR) is 184 cm³/mol. The van der Waals surface area contributed by atoms with Crippen LogP contribution < -0.4 is 9.64 Å². The van der Waals surface area contributed by atoms with Gasteiger partial charge in [0.25, 0.3) is 0 Å². The van der Waals surface area contributed by atoms with Crippen LogP contribution in [-0.4, -0.2) is 92.4 Å². The number of halogens is 1. The van der Waals surface area contributed by atoms with Gasteiger partial charge in [0.2, 0.25) is 5.91 Å². The van der Waals surface area contributed by atoms with Crippen LogP contribution in [0.25, 0.3) is 32.9 Å². The first kappa shape index (κ1) is 31.0. The number of piperazine rings is 1. The lowest BCUT2D eigenvalue weighted by molar-refractivity contribution is -0.128. The molecule has 46 heavy (non-hydrogen) atoms. The van der Waals surface area contributed by atoms with Crippen molar-refractivity contribution in [2.75, 3.05) is 44.2 Å². The molecule has 242 valence electrons. The Labute approximate surface area is 271 Å². The highest BCUT2D eigenvalue weighted by Crippen LogP contribution is 2.47. The van der Waals surface area contributed by atoms with Gasteiger partial charge in [-0.2, -0.15) is 15.1 Å². The molecule has 0 bridgehead atoms. The number of nitrogens with zero attached hydrogens (tertiary/aromatic N) is 6. The van der Waals surface area contributed by atoms with Gasteiger partial charge in [-0.1, -0.05) is 19.6 Å². The molecule has 3 fully saturated rings. The molecule has 9 nitrogen and oxygen atoms in total. The number of fused-ring (bicyclic) bond motifs is 2. The molecule has 3 aliphatic rings.